The molecule has 0 spiro atoms. The van der Waals surface area contributed by atoms with Gasteiger partial charge in [0.1, 0.15) is 11.3 Å². The molecule has 1 amide bonds. The summed E-state index contributed by atoms with van der Waals surface area (Å²) in [5, 5.41) is 3.81. The zero-order valence-electron chi connectivity index (χ0n) is 18.2. The normalized spacial score (nSPS) is 15.0. The Hall–Kier alpha value is -3.64. The van der Waals surface area contributed by atoms with Gasteiger partial charge in [-0.1, -0.05) is 0 Å². The lowest BCUT2D eigenvalue weighted by atomic mass is 10.2. The Labute approximate surface area is 193 Å². The number of fused-ring (bicyclic) bond motifs is 1. The van der Waals surface area contributed by atoms with E-state index in [4.69, 9.17) is 20.4 Å². The monoisotopic (exact) mass is 465 g/mol. The summed E-state index contributed by atoms with van der Waals surface area (Å²) < 4.78 is 8.45. The fourth-order valence-electron chi connectivity index (χ4n) is 3.66. The first-order valence-corrected chi connectivity index (χ1v) is 11.3. The van der Waals surface area contributed by atoms with E-state index in [0.29, 0.717) is 24.6 Å². The Morgan fingerprint density at radius 1 is 1.21 bits per heavy atom. The first-order valence-electron chi connectivity index (χ1n) is 10.5. The van der Waals surface area contributed by atoms with Gasteiger partial charge in [0.25, 0.3) is 0 Å². The van der Waals surface area contributed by atoms with Crippen molar-refractivity contribution in [2.75, 3.05) is 36.9 Å². The Morgan fingerprint density at radius 3 is 2.70 bits per heavy atom. The molecule has 0 radical (unpaired) electrons. The number of hydrogen-bond acceptors (Lipinski definition) is 10. The number of morpholine rings is 1. The largest absolute Gasteiger partial charge is 0.378 e. The third-order valence-corrected chi connectivity index (χ3v) is 6.44. The van der Waals surface area contributed by atoms with E-state index in [9.17, 15) is 4.79 Å². The summed E-state index contributed by atoms with van der Waals surface area (Å²) in [6, 6.07) is 1.83. The van der Waals surface area contributed by atoms with Gasteiger partial charge in [0, 0.05) is 38.6 Å². The van der Waals surface area contributed by atoms with Crippen molar-refractivity contribution in [2.45, 2.75) is 19.9 Å². The third-order valence-electron chi connectivity index (χ3n) is 5.30. The first kappa shape index (κ1) is 21.2. The lowest BCUT2D eigenvalue weighted by Gasteiger charge is -2.28. The van der Waals surface area contributed by atoms with E-state index in [1.165, 1.54) is 6.92 Å². The van der Waals surface area contributed by atoms with Crippen LogP contribution in [-0.4, -0.2) is 61.7 Å². The predicted molar refractivity (Wildman–Crippen MR) is 125 cm³/mol. The van der Waals surface area contributed by atoms with Gasteiger partial charge in [-0.3, -0.25) is 9.36 Å². The quantitative estimate of drug-likeness (QED) is 0.453. The van der Waals surface area contributed by atoms with Crippen LogP contribution in [0.3, 0.4) is 0 Å². The fourth-order valence-corrected chi connectivity index (χ4v) is 4.72. The Kier molecular flexibility index (Phi) is 5.60. The summed E-state index contributed by atoms with van der Waals surface area (Å²) >= 11 is 1.59. The van der Waals surface area contributed by atoms with Crippen molar-refractivity contribution in [1.29, 1.82) is 0 Å². The highest BCUT2D eigenvalue weighted by atomic mass is 32.1. The number of amides is 1. The van der Waals surface area contributed by atoms with E-state index in [2.05, 4.69) is 25.2 Å². The second kappa shape index (κ2) is 8.71. The van der Waals surface area contributed by atoms with Gasteiger partial charge >= 0.3 is 0 Å². The zero-order valence-corrected chi connectivity index (χ0v) is 19.0. The average Bonchev–Trinajstić information content (AvgIpc) is 3.46. The lowest BCUT2D eigenvalue weighted by molar-refractivity contribution is -0.119. The van der Waals surface area contributed by atoms with Crippen molar-refractivity contribution in [2.24, 2.45) is 0 Å². The van der Waals surface area contributed by atoms with Crippen molar-refractivity contribution < 1.29 is 9.53 Å². The number of nitrogens with zero attached hydrogens (tertiary/aromatic N) is 7. The number of thiophene rings is 1. The summed E-state index contributed by atoms with van der Waals surface area (Å²) in [6.45, 7) is 6.20. The molecule has 0 aliphatic carbocycles. The van der Waals surface area contributed by atoms with Gasteiger partial charge in [-0.25, -0.2) is 24.9 Å². The molecule has 1 aliphatic heterocycles. The standard InChI is InChI=1S/C21H23N9O2S/c1-12(26-13(2)31)16-10-30(11-25-16)17-7-15-18(33-17)20(29-3-5-32-6-4-29)28-19(27-15)14-8-23-21(22)24-9-14/h7-12H,3-6H2,1-2H3,(H,26,31)(H2,22,23,24). The highest BCUT2D eigenvalue weighted by molar-refractivity contribution is 7.21. The number of rotatable bonds is 5. The molecule has 4 aromatic rings. The molecular formula is C21H23N9O2S. The molecule has 1 fully saturated rings. The number of hydrogen-bond donors (Lipinski definition) is 2. The molecule has 0 bridgehead atoms. The van der Waals surface area contributed by atoms with Crippen LogP contribution in [0.5, 0.6) is 0 Å². The number of nitrogen functional groups attached to an aromatic ring is 1. The Morgan fingerprint density at radius 2 is 1.97 bits per heavy atom. The topological polar surface area (TPSA) is 137 Å². The summed E-state index contributed by atoms with van der Waals surface area (Å²) in [6.07, 6.45) is 6.92. The molecule has 11 nitrogen and oxygen atoms in total. The summed E-state index contributed by atoms with van der Waals surface area (Å²) in [4.78, 5) is 35.9. The number of anilines is 2. The van der Waals surface area contributed by atoms with Gasteiger partial charge in [-0.2, -0.15) is 0 Å². The summed E-state index contributed by atoms with van der Waals surface area (Å²) in [5.74, 6) is 1.51. The molecule has 0 aromatic carbocycles. The van der Waals surface area contributed by atoms with Crippen molar-refractivity contribution in [3.63, 3.8) is 0 Å². The maximum absolute atomic E-state index is 11.4. The molecule has 33 heavy (non-hydrogen) atoms. The molecule has 5 rings (SSSR count). The van der Waals surface area contributed by atoms with Crippen LogP contribution in [0.15, 0.2) is 31.0 Å². The SMILES string of the molecule is CC(=O)NC(C)c1cn(-c2cc3nc(-c4cnc(N)nc4)nc(N4CCOCC4)c3s2)cn1. The van der Waals surface area contributed by atoms with Gasteiger partial charge in [-0.15, -0.1) is 11.3 Å². The highest BCUT2D eigenvalue weighted by Crippen LogP contribution is 2.36. The van der Waals surface area contributed by atoms with Crippen molar-refractivity contribution in [3.05, 3.63) is 36.7 Å². The van der Waals surface area contributed by atoms with Crippen LogP contribution < -0.4 is 16.0 Å². The second-order valence-corrected chi connectivity index (χ2v) is 8.76. The highest BCUT2D eigenvalue weighted by Gasteiger charge is 2.21. The molecular weight excluding hydrogens is 442 g/mol. The van der Waals surface area contributed by atoms with Gasteiger partial charge < -0.3 is 20.7 Å². The van der Waals surface area contributed by atoms with Crippen LogP contribution in [0.4, 0.5) is 11.8 Å². The number of carbonyl (C=O) groups excluding carboxylic acids is 1. The average molecular weight is 466 g/mol. The predicted octanol–water partition coefficient (Wildman–Crippen LogP) is 1.95. The van der Waals surface area contributed by atoms with Crippen LogP contribution in [0.2, 0.25) is 0 Å². The van der Waals surface area contributed by atoms with Crippen LogP contribution in [0.25, 0.3) is 26.6 Å². The van der Waals surface area contributed by atoms with E-state index in [1.807, 2.05) is 23.8 Å². The number of nitrogens with one attached hydrogen (secondary N) is 1. The van der Waals surface area contributed by atoms with Crippen LogP contribution in [-0.2, 0) is 9.53 Å². The summed E-state index contributed by atoms with van der Waals surface area (Å²) in [7, 11) is 0. The molecule has 1 aliphatic rings. The van der Waals surface area contributed by atoms with Crippen molar-refractivity contribution >= 4 is 39.2 Å². The van der Waals surface area contributed by atoms with E-state index < -0.39 is 0 Å². The van der Waals surface area contributed by atoms with Crippen LogP contribution >= 0.6 is 11.3 Å². The smallest absolute Gasteiger partial charge is 0.219 e. The molecule has 1 atom stereocenters. The van der Waals surface area contributed by atoms with Gasteiger partial charge in [0.2, 0.25) is 11.9 Å². The number of aromatic nitrogens is 6. The van der Waals surface area contributed by atoms with Crippen molar-refractivity contribution in [3.8, 4) is 16.4 Å². The number of carbonyl (C=O) groups is 1. The van der Waals surface area contributed by atoms with Crippen molar-refractivity contribution in [1.82, 2.24) is 34.8 Å². The summed E-state index contributed by atoms with van der Waals surface area (Å²) in [5.41, 5.74) is 7.94. The maximum Gasteiger partial charge on any atom is 0.219 e. The van der Waals surface area contributed by atoms with E-state index in [-0.39, 0.29) is 17.9 Å². The minimum Gasteiger partial charge on any atom is -0.378 e. The van der Waals surface area contributed by atoms with Crippen LogP contribution in [0.1, 0.15) is 25.6 Å². The van der Waals surface area contributed by atoms with E-state index in [1.54, 1.807) is 30.1 Å². The molecule has 1 saturated heterocycles. The fraction of sp³-hybridized carbons (Fsp3) is 0.333. The van der Waals surface area contributed by atoms with Crippen LogP contribution in [0, 0.1) is 0 Å². The third kappa shape index (κ3) is 4.34. The first-order chi connectivity index (χ1) is 16.0. The minimum absolute atomic E-state index is 0.0940. The molecule has 170 valence electrons. The second-order valence-electron chi connectivity index (χ2n) is 7.73. The van der Waals surface area contributed by atoms with Gasteiger partial charge in [-0.05, 0) is 13.0 Å². The molecule has 5 heterocycles. The molecule has 4 aromatic heterocycles. The molecule has 0 saturated carbocycles. The van der Waals surface area contributed by atoms with Gasteiger partial charge in [0.15, 0.2) is 11.6 Å². The Balaban J connectivity index is 1.58. The number of ether oxygens (including phenoxy) is 1. The number of imidazole rings is 1. The van der Waals surface area contributed by atoms with E-state index in [0.717, 1.165) is 39.8 Å². The molecule has 12 heteroatoms. The van der Waals surface area contributed by atoms with Gasteiger partial charge in [0.05, 0.1) is 40.7 Å². The zero-order chi connectivity index (χ0) is 22.9. The molecule has 3 N–H and O–H groups in total. The van der Waals surface area contributed by atoms with E-state index >= 15 is 0 Å². The number of nitrogens with two attached hydrogens (primary N) is 1. The minimum atomic E-state index is -0.182. The lowest BCUT2D eigenvalue weighted by Crippen LogP contribution is -2.36. The maximum atomic E-state index is 11.4. The molecule has 1 unspecified atom stereocenters. The Bertz CT molecular complexity index is 1300.